The summed E-state index contributed by atoms with van der Waals surface area (Å²) in [5, 5.41) is 20.9. The summed E-state index contributed by atoms with van der Waals surface area (Å²) in [6, 6.07) is 14.7. The molecule has 24 heavy (non-hydrogen) atoms. The van der Waals surface area contributed by atoms with Crippen LogP contribution in [-0.4, -0.2) is 21.0 Å². The van der Waals surface area contributed by atoms with Crippen LogP contribution < -0.4 is 0 Å². The zero-order chi connectivity index (χ0) is 17.1. The fourth-order valence-corrected chi connectivity index (χ4v) is 2.43. The predicted molar refractivity (Wildman–Crippen MR) is 90.7 cm³/mol. The van der Waals surface area contributed by atoms with Gasteiger partial charge in [0.2, 0.25) is 0 Å². The molecule has 0 fully saturated rings. The summed E-state index contributed by atoms with van der Waals surface area (Å²) >= 11 is 0. The molecule has 0 aliphatic rings. The van der Waals surface area contributed by atoms with Gasteiger partial charge in [-0.3, -0.25) is 10.1 Å². The van der Waals surface area contributed by atoms with Crippen LogP contribution in [0.5, 0.6) is 0 Å². The van der Waals surface area contributed by atoms with Gasteiger partial charge in [0.1, 0.15) is 0 Å². The molecule has 0 saturated heterocycles. The Morgan fingerprint density at radius 2 is 1.79 bits per heavy atom. The molecular formula is C18H12N2O4. The van der Waals surface area contributed by atoms with Gasteiger partial charge in [0.25, 0.3) is 5.69 Å². The first kappa shape index (κ1) is 15.4. The molecule has 6 nitrogen and oxygen atoms in total. The lowest BCUT2D eigenvalue weighted by Crippen LogP contribution is -2.00. The van der Waals surface area contributed by atoms with E-state index in [0.29, 0.717) is 22.2 Å². The number of fused-ring (bicyclic) bond motifs is 1. The Bertz CT molecular complexity index is 980. The van der Waals surface area contributed by atoms with Crippen molar-refractivity contribution in [1.82, 2.24) is 4.98 Å². The number of rotatable bonds is 4. The van der Waals surface area contributed by atoms with Crippen molar-refractivity contribution >= 4 is 34.7 Å². The molecule has 1 aromatic heterocycles. The van der Waals surface area contributed by atoms with Crippen LogP contribution in [0.15, 0.2) is 54.6 Å². The SMILES string of the molecule is O=C(O)c1cc(/C=C/c2ccccc2[N+](=O)[O-])nc2ccccc12. The zero-order valence-electron chi connectivity index (χ0n) is 12.4. The summed E-state index contributed by atoms with van der Waals surface area (Å²) in [5.41, 5.74) is 1.52. The normalized spacial score (nSPS) is 11.0. The highest BCUT2D eigenvalue weighted by atomic mass is 16.6. The summed E-state index contributed by atoms with van der Waals surface area (Å²) in [4.78, 5) is 26.4. The van der Waals surface area contributed by atoms with Crippen LogP contribution in [-0.2, 0) is 0 Å². The second kappa shape index (κ2) is 6.29. The second-order valence-corrected chi connectivity index (χ2v) is 5.07. The minimum absolute atomic E-state index is 0.0204. The molecule has 1 heterocycles. The number of para-hydroxylation sites is 2. The van der Waals surface area contributed by atoms with E-state index in [4.69, 9.17) is 0 Å². The maximum Gasteiger partial charge on any atom is 0.336 e. The first-order chi connectivity index (χ1) is 11.6. The Balaban J connectivity index is 2.08. The minimum atomic E-state index is -1.05. The molecule has 0 radical (unpaired) electrons. The third-order valence-electron chi connectivity index (χ3n) is 3.53. The molecule has 3 rings (SSSR count). The van der Waals surface area contributed by atoms with Crippen molar-refractivity contribution in [2.75, 3.05) is 0 Å². The fourth-order valence-electron chi connectivity index (χ4n) is 2.43. The van der Waals surface area contributed by atoms with Crippen molar-refractivity contribution in [2.24, 2.45) is 0 Å². The lowest BCUT2D eigenvalue weighted by Gasteiger charge is -2.04. The van der Waals surface area contributed by atoms with Gasteiger partial charge in [-0.25, -0.2) is 9.78 Å². The van der Waals surface area contributed by atoms with Crippen molar-refractivity contribution in [2.45, 2.75) is 0 Å². The molecular weight excluding hydrogens is 308 g/mol. The van der Waals surface area contributed by atoms with E-state index < -0.39 is 10.9 Å². The third-order valence-corrected chi connectivity index (χ3v) is 3.53. The van der Waals surface area contributed by atoms with Crippen molar-refractivity contribution in [3.05, 3.63) is 81.5 Å². The van der Waals surface area contributed by atoms with Crippen molar-refractivity contribution in [3.63, 3.8) is 0 Å². The largest absolute Gasteiger partial charge is 0.478 e. The Morgan fingerprint density at radius 1 is 1.08 bits per heavy atom. The van der Waals surface area contributed by atoms with Gasteiger partial charge in [-0.15, -0.1) is 0 Å². The molecule has 0 aliphatic heterocycles. The predicted octanol–water partition coefficient (Wildman–Crippen LogP) is 4.01. The number of hydrogen-bond acceptors (Lipinski definition) is 4. The van der Waals surface area contributed by atoms with Gasteiger partial charge in [0, 0.05) is 11.5 Å². The van der Waals surface area contributed by atoms with Crippen LogP contribution in [0.1, 0.15) is 21.6 Å². The van der Waals surface area contributed by atoms with E-state index in [-0.39, 0.29) is 11.3 Å². The van der Waals surface area contributed by atoms with E-state index in [2.05, 4.69) is 4.98 Å². The van der Waals surface area contributed by atoms with Gasteiger partial charge in [-0.1, -0.05) is 30.3 Å². The number of benzene rings is 2. The number of nitro groups is 1. The van der Waals surface area contributed by atoms with Crippen LogP contribution in [0.3, 0.4) is 0 Å². The van der Waals surface area contributed by atoms with Gasteiger partial charge in [-0.2, -0.15) is 0 Å². The number of nitro benzene ring substituents is 1. The quantitative estimate of drug-likeness (QED) is 0.579. The van der Waals surface area contributed by atoms with Crippen LogP contribution in [0.2, 0.25) is 0 Å². The standard InChI is InChI=1S/C18H12N2O4/c21-18(22)15-11-13(19-16-7-3-2-6-14(15)16)10-9-12-5-1-4-8-17(12)20(23)24/h1-11H,(H,21,22)/b10-9+. The highest BCUT2D eigenvalue weighted by Gasteiger charge is 2.12. The number of carboxylic acids is 1. The average molecular weight is 320 g/mol. The summed E-state index contributed by atoms with van der Waals surface area (Å²) in [6.45, 7) is 0. The fraction of sp³-hybridized carbons (Fsp3) is 0. The minimum Gasteiger partial charge on any atom is -0.478 e. The van der Waals surface area contributed by atoms with Crippen molar-refractivity contribution in [1.29, 1.82) is 0 Å². The molecule has 118 valence electrons. The maximum atomic E-state index is 11.4. The number of nitrogens with zero attached hydrogens (tertiary/aromatic N) is 2. The molecule has 0 amide bonds. The molecule has 0 aliphatic carbocycles. The average Bonchev–Trinajstić information content (AvgIpc) is 2.59. The van der Waals surface area contributed by atoms with E-state index in [1.807, 2.05) is 0 Å². The number of carboxylic acid groups (broad SMARTS) is 1. The number of aromatic carboxylic acids is 1. The molecule has 0 saturated carbocycles. The third kappa shape index (κ3) is 2.98. The molecule has 0 unspecified atom stereocenters. The summed E-state index contributed by atoms with van der Waals surface area (Å²) in [6.07, 6.45) is 3.13. The van der Waals surface area contributed by atoms with Crippen LogP contribution in [0.25, 0.3) is 23.1 Å². The molecule has 1 N–H and O–H groups in total. The second-order valence-electron chi connectivity index (χ2n) is 5.07. The highest BCUT2D eigenvalue weighted by Crippen LogP contribution is 2.22. The number of carbonyl (C=O) groups is 1. The van der Waals surface area contributed by atoms with Crippen LogP contribution >= 0.6 is 0 Å². The Hall–Kier alpha value is -3.54. The Labute approximate surface area is 136 Å². The molecule has 6 heteroatoms. The molecule has 2 aromatic carbocycles. The first-order valence-corrected chi connectivity index (χ1v) is 7.11. The molecule has 0 bridgehead atoms. The van der Waals surface area contributed by atoms with E-state index in [1.165, 1.54) is 12.1 Å². The van der Waals surface area contributed by atoms with E-state index in [9.17, 15) is 20.0 Å². The summed E-state index contributed by atoms with van der Waals surface area (Å²) < 4.78 is 0. The summed E-state index contributed by atoms with van der Waals surface area (Å²) in [5.74, 6) is -1.05. The van der Waals surface area contributed by atoms with Crippen molar-refractivity contribution in [3.8, 4) is 0 Å². The molecule has 0 atom stereocenters. The van der Waals surface area contributed by atoms with Gasteiger partial charge >= 0.3 is 5.97 Å². The zero-order valence-corrected chi connectivity index (χ0v) is 12.4. The number of hydrogen-bond donors (Lipinski definition) is 1. The van der Waals surface area contributed by atoms with Gasteiger partial charge in [0.05, 0.1) is 27.3 Å². The first-order valence-electron chi connectivity index (χ1n) is 7.11. The number of aromatic nitrogens is 1. The van der Waals surface area contributed by atoms with Gasteiger partial charge in [0.15, 0.2) is 0 Å². The van der Waals surface area contributed by atoms with Crippen LogP contribution in [0, 0.1) is 10.1 Å². The topological polar surface area (TPSA) is 93.3 Å². The Kier molecular flexibility index (Phi) is 4.03. The number of pyridine rings is 1. The van der Waals surface area contributed by atoms with Gasteiger partial charge < -0.3 is 5.11 Å². The van der Waals surface area contributed by atoms with Crippen molar-refractivity contribution < 1.29 is 14.8 Å². The van der Waals surface area contributed by atoms with E-state index in [1.54, 1.807) is 54.6 Å². The van der Waals surface area contributed by atoms with E-state index in [0.717, 1.165) is 0 Å². The lowest BCUT2D eigenvalue weighted by molar-refractivity contribution is -0.385. The van der Waals surface area contributed by atoms with Gasteiger partial charge in [-0.05, 0) is 30.4 Å². The highest BCUT2D eigenvalue weighted by molar-refractivity contribution is 6.03. The monoisotopic (exact) mass is 320 g/mol. The molecule has 0 spiro atoms. The van der Waals surface area contributed by atoms with Crippen LogP contribution in [0.4, 0.5) is 5.69 Å². The smallest absolute Gasteiger partial charge is 0.336 e. The van der Waals surface area contributed by atoms with E-state index >= 15 is 0 Å². The summed E-state index contributed by atoms with van der Waals surface area (Å²) in [7, 11) is 0. The molecule has 3 aromatic rings. The lowest BCUT2D eigenvalue weighted by atomic mass is 10.1. The Morgan fingerprint density at radius 3 is 2.54 bits per heavy atom. The maximum absolute atomic E-state index is 11.4.